The van der Waals surface area contributed by atoms with Crippen molar-refractivity contribution in [3.63, 3.8) is 0 Å². The molecule has 6 rings (SSSR count). The van der Waals surface area contributed by atoms with Crippen LogP contribution in [0.25, 0.3) is 11.1 Å². The molecule has 8 nitrogen and oxygen atoms in total. The molecule has 8 heteroatoms. The molecular formula is C29H33N5O3. The molecule has 3 aliphatic rings. The van der Waals surface area contributed by atoms with Gasteiger partial charge in [0.15, 0.2) is 5.75 Å². The molecule has 37 heavy (non-hydrogen) atoms. The van der Waals surface area contributed by atoms with E-state index in [1.165, 1.54) is 22.3 Å². The van der Waals surface area contributed by atoms with E-state index in [-0.39, 0.29) is 18.1 Å². The fourth-order valence-corrected chi connectivity index (χ4v) is 5.68. The monoisotopic (exact) mass is 499 g/mol. The summed E-state index contributed by atoms with van der Waals surface area (Å²) in [6.07, 6.45) is 6.22. The second-order valence-corrected chi connectivity index (χ2v) is 10.1. The summed E-state index contributed by atoms with van der Waals surface area (Å²) < 4.78 is 11.6. The highest BCUT2D eigenvalue weighted by molar-refractivity contribution is 5.79. The number of aromatic nitrogens is 2. The number of amides is 1. The molecule has 2 aliphatic heterocycles. The van der Waals surface area contributed by atoms with Gasteiger partial charge >= 0.3 is 6.09 Å². The number of nitrogens with zero attached hydrogens (tertiary/aromatic N) is 3. The first kappa shape index (κ1) is 23.7. The van der Waals surface area contributed by atoms with Gasteiger partial charge in [0, 0.05) is 19.0 Å². The van der Waals surface area contributed by atoms with Crippen molar-refractivity contribution in [2.24, 2.45) is 5.92 Å². The average Bonchev–Trinajstić information content (AvgIpc) is 3.54. The standard InChI is InChI=1S/C29H33N5O3/c35-29(37-19-27-25-7-3-1-5-23(25)24-6-2-4-8-26(24)27)33-21-11-14-34(17-21)28-31-15-22(16-32-28)36-18-20-9-12-30-13-10-20/h1-8,15-16,20-21,27,30H,9-14,17-19H2,(H,33,35). The quantitative estimate of drug-likeness (QED) is 0.509. The summed E-state index contributed by atoms with van der Waals surface area (Å²) >= 11 is 0. The smallest absolute Gasteiger partial charge is 0.407 e. The van der Waals surface area contributed by atoms with Gasteiger partial charge in [-0.3, -0.25) is 0 Å². The number of ether oxygens (including phenoxy) is 2. The number of nitrogens with one attached hydrogen (secondary N) is 2. The third-order valence-electron chi connectivity index (χ3n) is 7.70. The summed E-state index contributed by atoms with van der Waals surface area (Å²) in [5, 5.41) is 6.40. The molecule has 1 aliphatic carbocycles. The van der Waals surface area contributed by atoms with Crippen LogP contribution in [0.5, 0.6) is 5.75 Å². The van der Waals surface area contributed by atoms with E-state index in [0.29, 0.717) is 37.4 Å². The first-order valence-electron chi connectivity index (χ1n) is 13.3. The zero-order valence-electron chi connectivity index (χ0n) is 20.9. The van der Waals surface area contributed by atoms with Gasteiger partial charge in [0.1, 0.15) is 6.61 Å². The molecule has 0 radical (unpaired) electrons. The Balaban J connectivity index is 0.986. The fraction of sp³-hybridized carbons (Fsp3) is 0.414. The van der Waals surface area contributed by atoms with E-state index in [0.717, 1.165) is 38.9 Å². The molecular weight excluding hydrogens is 466 g/mol. The topological polar surface area (TPSA) is 88.6 Å². The number of anilines is 1. The molecule has 0 saturated carbocycles. The molecule has 1 amide bonds. The minimum absolute atomic E-state index is 0.00455. The van der Waals surface area contributed by atoms with E-state index in [4.69, 9.17) is 9.47 Å². The second kappa shape index (κ2) is 10.8. The normalized spacial score (nSPS) is 19.4. The van der Waals surface area contributed by atoms with Crippen molar-refractivity contribution < 1.29 is 14.3 Å². The maximum Gasteiger partial charge on any atom is 0.407 e. The van der Waals surface area contributed by atoms with Crippen LogP contribution in [0.2, 0.25) is 0 Å². The van der Waals surface area contributed by atoms with Crippen LogP contribution in [0.1, 0.15) is 36.3 Å². The van der Waals surface area contributed by atoms with Crippen LogP contribution < -0.4 is 20.3 Å². The SMILES string of the molecule is O=C(NC1CCN(c2ncc(OCC3CCNCC3)cn2)C1)OCC1c2ccccc2-c2ccccc21. The number of piperidine rings is 1. The lowest BCUT2D eigenvalue weighted by molar-refractivity contribution is 0.140. The maximum absolute atomic E-state index is 12.7. The Bertz CT molecular complexity index is 1180. The molecule has 1 aromatic heterocycles. The Kier molecular flexibility index (Phi) is 6.90. The van der Waals surface area contributed by atoms with E-state index in [1.54, 1.807) is 12.4 Å². The minimum Gasteiger partial charge on any atom is -0.490 e. The van der Waals surface area contributed by atoms with Crippen molar-refractivity contribution in [2.75, 3.05) is 44.3 Å². The van der Waals surface area contributed by atoms with Gasteiger partial charge in [-0.05, 0) is 60.5 Å². The van der Waals surface area contributed by atoms with E-state index in [9.17, 15) is 4.79 Å². The predicted octanol–water partition coefficient (Wildman–Crippen LogP) is 3.97. The Labute approximate surface area is 217 Å². The molecule has 1 unspecified atom stereocenters. The van der Waals surface area contributed by atoms with Crippen molar-refractivity contribution in [3.8, 4) is 16.9 Å². The van der Waals surface area contributed by atoms with E-state index >= 15 is 0 Å². The van der Waals surface area contributed by atoms with Gasteiger partial charge in [-0.1, -0.05) is 48.5 Å². The van der Waals surface area contributed by atoms with Gasteiger partial charge in [0.2, 0.25) is 5.95 Å². The highest BCUT2D eigenvalue weighted by Crippen LogP contribution is 2.44. The highest BCUT2D eigenvalue weighted by Gasteiger charge is 2.30. The lowest BCUT2D eigenvalue weighted by Gasteiger charge is -2.22. The fourth-order valence-electron chi connectivity index (χ4n) is 5.68. The molecule has 2 aromatic carbocycles. The lowest BCUT2D eigenvalue weighted by Crippen LogP contribution is -2.38. The zero-order valence-corrected chi connectivity index (χ0v) is 20.9. The van der Waals surface area contributed by atoms with Crippen molar-refractivity contribution in [1.29, 1.82) is 0 Å². The van der Waals surface area contributed by atoms with Crippen LogP contribution in [0.4, 0.5) is 10.7 Å². The summed E-state index contributed by atoms with van der Waals surface area (Å²) in [7, 11) is 0. The van der Waals surface area contributed by atoms with Crippen molar-refractivity contribution in [1.82, 2.24) is 20.6 Å². The molecule has 2 saturated heterocycles. The first-order chi connectivity index (χ1) is 18.2. The number of benzene rings is 2. The van der Waals surface area contributed by atoms with Crippen LogP contribution in [0.3, 0.4) is 0 Å². The summed E-state index contributed by atoms with van der Waals surface area (Å²) in [6, 6.07) is 16.7. The number of hydrogen-bond donors (Lipinski definition) is 2. The number of fused-ring (bicyclic) bond motifs is 3. The van der Waals surface area contributed by atoms with Gasteiger partial charge in [-0.2, -0.15) is 0 Å². The van der Waals surface area contributed by atoms with E-state index < -0.39 is 0 Å². The summed E-state index contributed by atoms with van der Waals surface area (Å²) in [4.78, 5) is 23.8. The third kappa shape index (κ3) is 5.25. The summed E-state index contributed by atoms with van der Waals surface area (Å²) in [5.41, 5.74) is 4.87. The number of rotatable bonds is 7. The number of carbonyl (C=O) groups is 1. The molecule has 0 bridgehead atoms. The molecule has 192 valence electrons. The number of carbonyl (C=O) groups excluding carboxylic acids is 1. The highest BCUT2D eigenvalue weighted by atomic mass is 16.5. The van der Waals surface area contributed by atoms with E-state index in [2.05, 4.69) is 61.9 Å². The van der Waals surface area contributed by atoms with Gasteiger partial charge in [-0.25, -0.2) is 14.8 Å². The predicted molar refractivity (Wildman–Crippen MR) is 142 cm³/mol. The number of hydrogen-bond acceptors (Lipinski definition) is 7. The molecule has 2 N–H and O–H groups in total. The Hall–Kier alpha value is -3.65. The molecule has 1 atom stereocenters. The summed E-state index contributed by atoms with van der Waals surface area (Å²) in [5.74, 6) is 2.01. The van der Waals surface area contributed by atoms with Crippen molar-refractivity contribution in [2.45, 2.75) is 31.2 Å². The van der Waals surface area contributed by atoms with Gasteiger partial charge in [-0.15, -0.1) is 0 Å². The van der Waals surface area contributed by atoms with Crippen molar-refractivity contribution >= 4 is 12.0 Å². The molecule has 2 fully saturated rings. The maximum atomic E-state index is 12.7. The summed E-state index contributed by atoms with van der Waals surface area (Å²) in [6.45, 7) is 4.58. The average molecular weight is 500 g/mol. The Morgan fingerprint density at radius 3 is 2.32 bits per heavy atom. The van der Waals surface area contributed by atoms with Gasteiger partial charge in [0.25, 0.3) is 0 Å². The molecule has 3 aromatic rings. The molecule has 0 spiro atoms. The van der Waals surface area contributed by atoms with E-state index in [1.807, 2.05) is 12.1 Å². The zero-order chi connectivity index (χ0) is 25.0. The van der Waals surface area contributed by atoms with Crippen LogP contribution in [0, 0.1) is 5.92 Å². The van der Waals surface area contributed by atoms with Crippen molar-refractivity contribution in [3.05, 3.63) is 72.1 Å². The lowest BCUT2D eigenvalue weighted by atomic mass is 9.98. The minimum atomic E-state index is -0.378. The van der Waals surface area contributed by atoms with Crippen LogP contribution >= 0.6 is 0 Å². The van der Waals surface area contributed by atoms with Gasteiger partial charge < -0.3 is 25.0 Å². The van der Waals surface area contributed by atoms with Crippen LogP contribution in [-0.2, 0) is 4.74 Å². The number of alkyl carbamates (subject to hydrolysis) is 1. The second-order valence-electron chi connectivity index (χ2n) is 10.1. The Morgan fingerprint density at radius 1 is 0.946 bits per heavy atom. The third-order valence-corrected chi connectivity index (χ3v) is 7.70. The van der Waals surface area contributed by atoms with Crippen LogP contribution in [0.15, 0.2) is 60.9 Å². The largest absolute Gasteiger partial charge is 0.490 e. The Morgan fingerprint density at radius 2 is 1.62 bits per heavy atom. The first-order valence-corrected chi connectivity index (χ1v) is 13.3. The van der Waals surface area contributed by atoms with Gasteiger partial charge in [0.05, 0.1) is 25.0 Å². The van der Waals surface area contributed by atoms with Crippen LogP contribution in [-0.4, -0.2) is 61.5 Å². The molecule has 3 heterocycles.